The van der Waals surface area contributed by atoms with Gasteiger partial charge in [-0.05, 0) is 32.0 Å². The van der Waals surface area contributed by atoms with Crippen LogP contribution in [0.1, 0.15) is 19.4 Å². The summed E-state index contributed by atoms with van der Waals surface area (Å²) in [5.74, 6) is 0.828. The van der Waals surface area contributed by atoms with Gasteiger partial charge in [-0.25, -0.2) is 0 Å². The minimum Gasteiger partial charge on any atom is -0.399 e. The van der Waals surface area contributed by atoms with E-state index in [1.807, 2.05) is 13.8 Å². The van der Waals surface area contributed by atoms with Crippen molar-refractivity contribution in [3.05, 3.63) is 23.8 Å². The zero-order valence-electron chi connectivity index (χ0n) is 10.9. The molecular formula is C13H17F3N2S. The molecule has 1 aromatic carbocycles. The average molecular weight is 290 g/mol. The van der Waals surface area contributed by atoms with Gasteiger partial charge in [-0.15, -0.1) is 0 Å². The van der Waals surface area contributed by atoms with Gasteiger partial charge in [0.15, 0.2) is 0 Å². The van der Waals surface area contributed by atoms with Crippen LogP contribution in [-0.2, 0) is 6.18 Å². The first-order valence-electron chi connectivity index (χ1n) is 6.05. The molecule has 0 atom stereocenters. The van der Waals surface area contributed by atoms with Crippen molar-refractivity contribution in [3.63, 3.8) is 0 Å². The van der Waals surface area contributed by atoms with Gasteiger partial charge in [0, 0.05) is 35.0 Å². The molecule has 1 aliphatic rings. The smallest absolute Gasteiger partial charge is 0.399 e. The predicted octanol–water partition coefficient (Wildman–Crippen LogP) is 3.62. The van der Waals surface area contributed by atoms with Crippen molar-refractivity contribution >= 4 is 23.1 Å². The van der Waals surface area contributed by atoms with Crippen LogP contribution in [0.3, 0.4) is 0 Å². The van der Waals surface area contributed by atoms with Crippen LogP contribution in [0.25, 0.3) is 0 Å². The number of anilines is 2. The average Bonchev–Trinajstić information content (AvgIpc) is 2.26. The van der Waals surface area contributed by atoms with Gasteiger partial charge in [-0.1, -0.05) is 0 Å². The zero-order chi connectivity index (χ0) is 14.3. The molecule has 0 spiro atoms. The maximum absolute atomic E-state index is 13.1. The highest BCUT2D eigenvalue weighted by Crippen LogP contribution is 2.40. The van der Waals surface area contributed by atoms with Gasteiger partial charge in [0.25, 0.3) is 0 Å². The van der Waals surface area contributed by atoms with Crippen molar-refractivity contribution < 1.29 is 13.2 Å². The highest BCUT2D eigenvalue weighted by atomic mass is 32.2. The lowest BCUT2D eigenvalue weighted by molar-refractivity contribution is -0.137. The second-order valence-corrected chi connectivity index (χ2v) is 7.11. The monoisotopic (exact) mass is 290 g/mol. The molecule has 2 nitrogen and oxygen atoms in total. The molecular weight excluding hydrogens is 273 g/mol. The molecule has 2 N–H and O–H groups in total. The summed E-state index contributed by atoms with van der Waals surface area (Å²) in [6.45, 7) is 5.33. The summed E-state index contributed by atoms with van der Waals surface area (Å²) >= 11 is 1.79. The summed E-state index contributed by atoms with van der Waals surface area (Å²) in [6, 6.07) is 4.02. The summed E-state index contributed by atoms with van der Waals surface area (Å²) in [6.07, 6.45) is -4.38. The molecule has 1 heterocycles. The van der Waals surface area contributed by atoms with Crippen molar-refractivity contribution in [2.75, 3.05) is 29.5 Å². The Morgan fingerprint density at radius 2 is 2.00 bits per heavy atom. The third-order valence-electron chi connectivity index (χ3n) is 3.09. The summed E-state index contributed by atoms with van der Waals surface area (Å²) in [5.41, 5.74) is 5.21. The predicted molar refractivity (Wildman–Crippen MR) is 74.6 cm³/mol. The molecule has 1 fully saturated rings. The van der Waals surface area contributed by atoms with Crippen molar-refractivity contribution in [2.24, 2.45) is 0 Å². The van der Waals surface area contributed by atoms with Crippen LogP contribution in [0.4, 0.5) is 24.5 Å². The van der Waals surface area contributed by atoms with Crippen molar-refractivity contribution in [2.45, 2.75) is 24.8 Å². The van der Waals surface area contributed by atoms with Crippen LogP contribution in [0.2, 0.25) is 0 Å². The highest BCUT2D eigenvalue weighted by Gasteiger charge is 2.37. The van der Waals surface area contributed by atoms with E-state index in [2.05, 4.69) is 0 Å². The van der Waals surface area contributed by atoms with E-state index in [0.717, 1.165) is 11.8 Å². The van der Waals surface area contributed by atoms with Gasteiger partial charge in [0.05, 0.1) is 5.56 Å². The van der Waals surface area contributed by atoms with Gasteiger partial charge in [-0.2, -0.15) is 24.9 Å². The van der Waals surface area contributed by atoms with Crippen molar-refractivity contribution in [3.8, 4) is 0 Å². The normalized spacial score (nSPS) is 19.5. The molecule has 0 radical (unpaired) electrons. The van der Waals surface area contributed by atoms with Gasteiger partial charge < -0.3 is 10.6 Å². The Morgan fingerprint density at radius 3 is 2.58 bits per heavy atom. The molecule has 19 heavy (non-hydrogen) atoms. The number of hydrogen-bond donors (Lipinski definition) is 1. The zero-order valence-corrected chi connectivity index (χ0v) is 11.7. The van der Waals surface area contributed by atoms with Gasteiger partial charge in [-0.3, -0.25) is 0 Å². The van der Waals surface area contributed by atoms with E-state index < -0.39 is 11.7 Å². The van der Waals surface area contributed by atoms with Crippen LogP contribution in [0, 0.1) is 0 Å². The van der Waals surface area contributed by atoms with Crippen molar-refractivity contribution in [1.82, 2.24) is 0 Å². The number of alkyl halides is 3. The molecule has 6 heteroatoms. The van der Waals surface area contributed by atoms with E-state index in [1.165, 1.54) is 12.1 Å². The first-order chi connectivity index (χ1) is 8.69. The maximum atomic E-state index is 13.1. The Balaban J connectivity index is 2.39. The standard InChI is InChI=1S/C13H17F3N2S/c1-12(2)8-18(5-6-19-12)11-4-3-9(17)7-10(11)13(14,15)16/h3-4,7H,5-6,8,17H2,1-2H3. The van der Waals surface area contributed by atoms with E-state index in [9.17, 15) is 13.2 Å². The Hall–Kier alpha value is -1.04. The topological polar surface area (TPSA) is 29.3 Å². The summed E-state index contributed by atoms with van der Waals surface area (Å²) in [5, 5.41) is 0. The Bertz CT molecular complexity index is 471. The lowest BCUT2D eigenvalue weighted by Crippen LogP contribution is -2.43. The van der Waals surface area contributed by atoms with Crippen molar-refractivity contribution in [1.29, 1.82) is 0 Å². The fourth-order valence-corrected chi connectivity index (χ4v) is 3.39. The number of nitrogens with two attached hydrogens (primary N) is 1. The van der Waals surface area contributed by atoms with E-state index in [0.29, 0.717) is 13.1 Å². The second-order valence-electron chi connectivity index (χ2n) is 5.30. The number of nitrogens with zero attached hydrogens (tertiary/aromatic N) is 1. The summed E-state index contributed by atoms with van der Waals surface area (Å²) in [7, 11) is 0. The third kappa shape index (κ3) is 3.29. The minimum atomic E-state index is -4.38. The molecule has 0 saturated carbocycles. The Kier molecular flexibility index (Phi) is 3.64. The largest absolute Gasteiger partial charge is 0.418 e. The van der Waals surface area contributed by atoms with E-state index in [-0.39, 0.29) is 16.1 Å². The highest BCUT2D eigenvalue weighted by molar-refractivity contribution is 8.00. The number of nitrogen functional groups attached to an aromatic ring is 1. The fraction of sp³-hybridized carbons (Fsp3) is 0.538. The Morgan fingerprint density at radius 1 is 1.32 bits per heavy atom. The van der Waals surface area contributed by atoms with Gasteiger partial charge in [0.1, 0.15) is 0 Å². The fourth-order valence-electron chi connectivity index (χ4n) is 2.28. The molecule has 0 aliphatic carbocycles. The molecule has 0 amide bonds. The number of benzene rings is 1. The van der Waals surface area contributed by atoms with Gasteiger partial charge in [0.2, 0.25) is 0 Å². The second kappa shape index (κ2) is 4.81. The molecule has 2 rings (SSSR count). The molecule has 0 unspecified atom stereocenters. The molecule has 1 saturated heterocycles. The lowest BCUT2D eigenvalue weighted by atomic mass is 10.1. The van der Waals surface area contributed by atoms with Crippen LogP contribution in [0.15, 0.2) is 18.2 Å². The maximum Gasteiger partial charge on any atom is 0.418 e. The van der Waals surface area contributed by atoms with Crippen LogP contribution >= 0.6 is 11.8 Å². The third-order valence-corrected chi connectivity index (χ3v) is 4.39. The molecule has 0 aromatic heterocycles. The first-order valence-corrected chi connectivity index (χ1v) is 7.03. The van der Waals surface area contributed by atoms with Crippen LogP contribution in [-0.4, -0.2) is 23.6 Å². The lowest BCUT2D eigenvalue weighted by Gasteiger charge is -2.39. The summed E-state index contributed by atoms with van der Waals surface area (Å²) < 4.78 is 39.2. The number of halogens is 3. The van der Waals surface area contributed by atoms with E-state index in [4.69, 9.17) is 5.73 Å². The van der Waals surface area contributed by atoms with Crippen LogP contribution in [0.5, 0.6) is 0 Å². The molecule has 0 bridgehead atoms. The van der Waals surface area contributed by atoms with Crippen LogP contribution < -0.4 is 10.6 Å². The number of rotatable bonds is 1. The quantitative estimate of drug-likeness (QED) is 0.801. The Labute approximate surface area is 115 Å². The summed E-state index contributed by atoms with van der Waals surface area (Å²) in [4.78, 5) is 1.80. The molecule has 106 valence electrons. The minimum absolute atomic E-state index is 0.0392. The molecule has 1 aliphatic heterocycles. The van der Waals surface area contributed by atoms with Gasteiger partial charge >= 0.3 is 6.18 Å². The number of thioether (sulfide) groups is 1. The number of hydrogen-bond acceptors (Lipinski definition) is 3. The molecule has 1 aromatic rings. The van der Waals surface area contributed by atoms with E-state index in [1.54, 1.807) is 16.7 Å². The first kappa shape index (κ1) is 14.4. The van der Waals surface area contributed by atoms with E-state index >= 15 is 0 Å². The SMILES string of the molecule is CC1(C)CN(c2ccc(N)cc2C(F)(F)F)CCS1.